The number of hydrogen-bond donors (Lipinski definition) is 0. The second kappa shape index (κ2) is 4.64. The predicted molar refractivity (Wildman–Crippen MR) is 57.6 cm³/mol. The van der Waals surface area contributed by atoms with E-state index < -0.39 is 0 Å². The fourth-order valence-electron chi connectivity index (χ4n) is 2.30. The quantitative estimate of drug-likeness (QED) is 0.562. The molecule has 0 unspecified atom stereocenters. The van der Waals surface area contributed by atoms with Crippen LogP contribution in [-0.2, 0) is 0 Å². The minimum atomic E-state index is 1.02. The van der Waals surface area contributed by atoms with Crippen molar-refractivity contribution in [2.45, 2.75) is 51.4 Å². The molecular weight excluding hydrogens is 156 g/mol. The Balaban J connectivity index is 1.60. The van der Waals surface area contributed by atoms with Crippen molar-refractivity contribution in [3.05, 3.63) is 23.8 Å². The highest BCUT2D eigenvalue weighted by Gasteiger charge is 2.12. The van der Waals surface area contributed by atoms with E-state index in [0.29, 0.717) is 0 Å². The van der Waals surface area contributed by atoms with Gasteiger partial charge < -0.3 is 0 Å². The van der Waals surface area contributed by atoms with Crippen LogP contribution < -0.4 is 0 Å². The van der Waals surface area contributed by atoms with Gasteiger partial charge in [-0.25, -0.2) is 0 Å². The fraction of sp³-hybridized carbons (Fsp3) is 0.692. The van der Waals surface area contributed by atoms with Gasteiger partial charge in [-0.1, -0.05) is 49.5 Å². The lowest BCUT2D eigenvalue weighted by atomic mass is 9.95. The maximum Gasteiger partial charge on any atom is -0.0139 e. The van der Waals surface area contributed by atoms with Gasteiger partial charge in [0.15, 0.2) is 0 Å². The van der Waals surface area contributed by atoms with E-state index in [1.807, 2.05) is 0 Å². The molecule has 0 bridgehead atoms. The second-order valence-electron chi connectivity index (χ2n) is 4.46. The summed E-state index contributed by atoms with van der Waals surface area (Å²) in [4.78, 5) is 0. The molecule has 0 spiro atoms. The SMILES string of the molecule is C1=C(C/C=C\CC2CCCC2)CC1. The van der Waals surface area contributed by atoms with Crippen molar-refractivity contribution < 1.29 is 0 Å². The van der Waals surface area contributed by atoms with Crippen molar-refractivity contribution >= 4 is 0 Å². The molecular formula is C13H20. The first-order valence-corrected chi connectivity index (χ1v) is 5.78. The van der Waals surface area contributed by atoms with Crippen molar-refractivity contribution in [2.24, 2.45) is 5.92 Å². The van der Waals surface area contributed by atoms with E-state index in [9.17, 15) is 0 Å². The standard InChI is InChI=1S/C13H20/c1-2-7-12(6-1)8-3-4-9-13-10-5-11-13/h3-4,10,12H,1-2,5-9,11H2/b4-3-. The Labute approximate surface area is 81.7 Å². The van der Waals surface area contributed by atoms with Gasteiger partial charge in [-0.3, -0.25) is 0 Å². The molecule has 13 heavy (non-hydrogen) atoms. The molecule has 0 aromatic rings. The first-order chi connectivity index (χ1) is 6.45. The van der Waals surface area contributed by atoms with E-state index in [2.05, 4.69) is 18.2 Å². The van der Waals surface area contributed by atoms with Crippen molar-refractivity contribution in [1.82, 2.24) is 0 Å². The van der Waals surface area contributed by atoms with Crippen LogP contribution in [0.5, 0.6) is 0 Å². The summed E-state index contributed by atoms with van der Waals surface area (Å²) in [6, 6.07) is 0. The first kappa shape index (κ1) is 9.05. The molecule has 2 aliphatic carbocycles. The summed E-state index contributed by atoms with van der Waals surface area (Å²) in [5.74, 6) is 1.02. The van der Waals surface area contributed by atoms with E-state index in [1.165, 1.54) is 51.4 Å². The summed E-state index contributed by atoms with van der Waals surface area (Å²) in [6.45, 7) is 0. The molecule has 0 heteroatoms. The molecule has 0 radical (unpaired) electrons. The van der Waals surface area contributed by atoms with Gasteiger partial charge in [0.05, 0.1) is 0 Å². The Bertz CT molecular complexity index is 204. The monoisotopic (exact) mass is 176 g/mol. The molecule has 0 aromatic heterocycles. The van der Waals surface area contributed by atoms with Gasteiger partial charge in [0.2, 0.25) is 0 Å². The van der Waals surface area contributed by atoms with Gasteiger partial charge in [0, 0.05) is 0 Å². The molecule has 2 aliphatic rings. The van der Waals surface area contributed by atoms with Crippen LogP contribution >= 0.6 is 0 Å². The highest BCUT2D eigenvalue weighted by Crippen LogP contribution is 2.28. The maximum atomic E-state index is 2.41. The Morgan fingerprint density at radius 1 is 1.23 bits per heavy atom. The van der Waals surface area contributed by atoms with E-state index in [-0.39, 0.29) is 0 Å². The molecule has 0 amide bonds. The van der Waals surface area contributed by atoms with Crippen molar-refractivity contribution in [2.75, 3.05) is 0 Å². The number of rotatable bonds is 4. The molecule has 0 aliphatic heterocycles. The Morgan fingerprint density at radius 2 is 2.00 bits per heavy atom. The lowest BCUT2D eigenvalue weighted by Crippen LogP contribution is -1.92. The third-order valence-corrected chi connectivity index (χ3v) is 3.39. The summed E-state index contributed by atoms with van der Waals surface area (Å²) in [5, 5.41) is 0. The summed E-state index contributed by atoms with van der Waals surface area (Å²) in [7, 11) is 0. The summed E-state index contributed by atoms with van der Waals surface area (Å²) in [6.07, 6.45) is 18.3. The van der Waals surface area contributed by atoms with Crippen molar-refractivity contribution in [3.63, 3.8) is 0 Å². The third kappa shape index (κ3) is 2.72. The lowest BCUT2D eigenvalue weighted by molar-refractivity contribution is 0.557. The molecule has 1 saturated carbocycles. The smallest absolute Gasteiger partial charge is 0.0139 e. The van der Waals surface area contributed by atoms with E-state index >= 15 is 0 Å². The zero-order valence-electron chi connectivity index (χ0n) is 8.47. The molecule has 72 valence electrons. The van der Waals surface area contributed by atoms with Crippen LogP contribution in [0.15, 0.2) is 23.8 Å². The summed E-state index contributed by atoms with van der Waals surface area (Å²) in [5.41, 5.74) is 1.66. The average Bonchev–Trinajstić information content (AvgIpc) is 2.53. The zero-order chi connectivity index (χ0) is 8.93. The highest BCUT2D eigenvalue weighted by atomic mass is 14.2. The highest BCUT2D eigenvalue weighted by molar-refractivity contribution is 5.15. The normalized spacial score (nSPS) is 23.5. The minimum absolute atomic E-state index is 1.02. The molecule has 0 atom stereocenters. The molecule has 0 N–H and O–H groups in total. The van der Waals surface area contributed by atoms with Gasteiger partial charge in [0.25, 0.3) is 0 Å². The van der Waals surface area contributed by atoms with E-state index in [1.54, 1.807) is 5.57 Å². The van der Waals surface area contributed by atoms with Crippen LogP contribution in [-0.4, -0.2) is 0 Å². The van der Waals surface area contributed by atoms with Crippen LogP contribution in [0, 0.1) is 5.92 Å². The topological polar surface area (TPSA) is 0 Å². The molecule has 1 fully saturated rings. The zero-order valence-corrected chi connectivity index (χ0v) is 8.47. The fourth-order valence-corrected chi connectivity index (χ4v) is 2.30. The molecule has 0 heterocycles. The lowest BCUT2D eigenvalue weighted by Gasteiger charge is -2.11. The molecule has 2 rings (SSSR count). The number of allylic oxidation sites excluding steroid dienone is 4. The van der Waals surface area contributed by atoms with Gasteiger partial charge in [-0.15, -0.1) is 0 Å². The van der Waals surface area contributed by atoms with Crippen LogP contribution in [0.2, 0.25) is 0 Å². The van der Waals surface area contributed by atoms with E-state index in [0.717, 1.165) is 5.92 Å². The second-order valence-corrected chi connectivity index (χ2v) is 4.46. The van der Waals surface area contributed by atoms with Gasteiger partial charge in [0.1, 0.15) is 0 Å². The van der Waals surface area contributed by atoms with Crippen molar-refractivity contribution in [1.29, 1.82) is 0 Å². The number of hydrogen-bond acceptors (Lipinski definition) is 0. The predicted octanol–water partition coefficient (Wildman–Crippen LogP) is 4.23. The maximum absolute atomic E-state index is 2.41. The van der Waals surface area contributed by atoms with E-state index in [4.69, 9.17) is 0 Å². The average molecular weight is 176 g/mol. The largest absolute Gasteiger partial charge is 0.0879 e. The first-order valence-electron chi connectivity index (χ1n) is 5.78. The van der Waals surface area contributed by atoms with Gasteiger partial charge >= 0.3 is 0 Å². The Morgan fingerprint density at radius 3 is 2.62 bits per heavy atom. The van der Waals surface area contributed by atoms with Crippen LogP contribution in [0.4, 0.5) is 0 Å². The molecule has 0 saturated heterocycles. The van der Waals surface area contributed by atoms with Gasteiger partial charge in [-0.05, 0) is 31.6 Å². The van der Waals surface area contributed by atoms with Gasteiger partial charge in [-0.2, -0.15) is 0 Å². The minimum Gasteiger partial charge on any atom is -0.0879 e. The third-order valence-electron chi connectivity index (χ3n) is 3.39. The summed E-state index contributed by atoms with van der Waals surface area (Å²) >= 11 is 0. The summed E-state index contributed by atoms with van der Waals surface area (Å²) < 4.78 is 0. The van der Waals surface area contributed by atoms with Crippen LogP contribution in [0.1, 0.15) is 51.4 Å². The van der Waals surface area contributed by atoms with Crippen molar-refractivity contribution in [3.8, 4) is 0 Å². The Hall–Kier alpha value is -0.520. The molecule has 0 aromatic carbocycles. The molecule has 0 nitrogen and oxygen atoms in total. The van der Waals surface area contributed by atoms with Crippen LogP contribution in [0.3, 0.4) is 0 Å². The Kier molecular flexibility index (Phi) is 3.23. The van der Waals surface area contributed by atoms with Crippen LogP contribution in [0.25, 0.3) is 0 Å².